The van der Waals surface area contributed by atoms with E-state index in [1.165, 1.54) is 12.1 Å². The van der Waals surface area contributed by atoms with Gasteiger partial charge in [0.25, 0.3) is 0 Å². The van der Waals surface area contributed by atoms with E-state index in [4.69, 9.17) is 16.7 Å². The van der Waals surface area contributed by atoms with Crippen LogP contribution < -0.4 is 4.72 Å². The lowest BCUT2D eigenvalue weighted by atomic mass is 10.1. The molecule has 0 aromatic heterocycles. The Morgan fingerprint density at radius 1 is 1.48 bits per heavy atom. The molecule has 2 N–H and O–H groups in total. The zero-order valence-corrected chi connectivity index (χ0v) is 13.2. The van der Waals surface area contributed by atoms with Gasteiger partial charge in [-0.15, -0.1) is 0 Å². The number of sulfonamides is 1. The van der Waals surface area contributed by atoms with Crippen molar-refractivity contribution in [2.75, 3.05) is 0 Å². The summed E-state index contributed by atoms with van der Waals surface area (Å²) < 4.78 is 27.5. The first kappa shape index (κ1) is 16.3. The molecule has 1 aromatic carbocycles. The lowest BCUT2D eigenvalue weighted by molar-refractivity contribution is 0.0696. The molecule has 0 radical (unpaired) electrons. The van der Waals surface area contributed by atoms with E-state index < -0.39 is 16.0 Å². The quantitative estimate of drug-likeness (QED) is 0.804. The first-order valence-corrected chi connectivity index (χ1v) is 8.74. The minimum absolute atomic E-state index is 0.0220. The fraction of sp³-hybridized carbons (Fsp3) is 0.500. The number of carboxylic acid groups (broad SMARTS) is 1. The molecule has 1 aliphatic rings. The van der Waals surface area contributed by atoms with Crippen LogP contribution in [0.1, 0.15) is 43.0 Å². The second-order valence-electron chi connectivity index (χ2n) is 5.36. The van der Waals surface area contributed by atoms with Crippen molar-refractivity contribution in [3.63, 3.8) is 0 Å². The molecule has 1 fully saturated rings. The van der Waals surface area contributed by atoms with E-state index in [1.807, 2.05) is 6.92 Å². The number of nitrogens with one attached hydrogen (secondary N) is 1. The van der Waals surface area contributed by atoms with Crippen molar-refractivity contribution in [1.82, 2.24) is 4.72 Å². The van der Waals surface area contributed by atoms with Gasteiger partial charge < -0.3 is 5.11 Å². The van der Waals surface area contributed by atoms with Crippen molar-refractivity contribution in [2.45, 2.75) is 43.5 Å². The van der Waals surface area contributed by atoms with Crippen molar-refractivity contribution < 1.29 is 18.3 Å². The van der Waals surface area contributed by atoms with Crippen LogP contribution in [0.15, 0.2) is 23.1 Å². The number of halogens is 1. The lowest BCUT2D eigenvalue weighted by Crippen LogP contribution is -2.35. The van der Waals surface area contributed by atoms with E-state index in [-0.39, 0.29) is 21.5 Å². The van der Waals surface area contributed by atoms with Crippen molar-refractivity contribution in [2.24, 2.45) is 5.92 Å². The molecule has 1 unspecified atom stereocenters. The minimum Gasteiger partial charge on any atom is -0.478 e. The van der Waals surface area contributed by atoms with Gasteiger partial charge in [0.1, 0.15) is 4.90 Å². The van der Waals surface area contributed by atoms with Gasteiger partial charge in [-0.25, -0.2) is 17.9 Å². The summed E-state index contributed by atoms with van der Waals surface area (Å²) in [7, 11) is -3.82. The van der Waals surface area contributed by atoms with Crippen molar-refractivity contribution >= 4 is 27.6 Å². The molecule has 2 rings (SSSR count). The van der Waals surface area contributed by atoms with E-state index >= 15 is 0 Å². The molecule has 1 atom stereocenters. The van der Waals surface area contributed by atoms with E-state index in [1.54, 1.807) is 0 Å². The zero-order valence-electron chi connectivity index (χ0n) is 11.7. The summed E-state index contributed by atoms with van der Waals surface area (Å²) in [5.41, 5.74) is -0.102. The van der Waals surface area contributed by atoms with Crippen molar-refractivity contribution in [1.29, 1.82) is 0 Å². The second kappa shape index (κ2) is 6.34. The number of carboxylic acids is 1. The number of hydrogen-bond acceptors (Lipinski definition) is 3. The molecule has 0 heterocycles. The van der Waals surface area contributed by atoms with Crippen LogP contribution in [0.5, 0.6) is 0 Å². The number of benzene rings is 1. The SMILES string of the molecule is CCC(CC1CC1)NS(=O)(=O)c1cc(C(=O)O)ccc1Cl. The maximum absolute atomic E-state index is 12.4. The highest BCUT2D eigenvalue weighted by Gasteiger charge is 2.28. The molecule has 21 heavy (non-hydrogen) atoms. The molecule has 1 aliphatic carbocycles. The molecule has 7 heteroatoms. The average Bonchev–Trinajstić information content (AvgIpc) is 3.21. The second-order valence-corrected chi connectivity index (χ2v) is 7.45. The van der Waals surface area contributed by atoms with Gasteiger partial charge in [0, 0.05) is 6.04 Å². The summed E-state index contributed by atoms with van der Waals surface area (Å²) in [6.45, 7) is 1.92. The molecule has 5 nitrogen and oxygen atoms in total. The van der Waals surface area contributed by atoms with Gasteiger partial charge in [-0.05, 0) is 37.0 Å². The molecule has 1 saturated carbocycles. The Morgan fingerprint density at radius 2 is 2.14 bits per heavy atom. The largest absolute Gasteiger partial charge is 0.478 e. The molecule has 0 spiro atoms. The van der Waals surface area contributed by atoms with Crippen LogP contribution in [-0.2, 0) is 10.0 Å². The third kappa shape index (κ3) is 4.18. The Morgan fingerprint density at radius 3 is 2.67 bits per heavy atom. The molecule has 0 bridgehead atoms. The van der Waals surface area contributed by atoms with Gasteiger partial charge in [0.2, 0.25) is 10.0 Å². The fourth-order valence-electron chi connectivity index (χ4n) is 2.18. The lowest BCUT2D eigenvalue weighted by Gasteiger charge is -2.17. The molecule has 116 valence electrons. The maximum atomic E-state index is 12.4. The highest BCUT2D eigenvalue weighted by molar-refractivity contribution is 7.89. The maximum Gasteiger partial charge on any atom is 0.335 e. The molecule has 0 amide bonds. The van der Waals surface area contributed by atoms with E-state index in [0.717, 1.165) is 25.3 Å². The molecule has 0 aliphatic heterocycles. The Bertz CT molecular complexity index is 640. The van der Waals surface area contributed by atoms with Gasteiger partial charge >= 0.3 is 5.97 Å². The number of hydrogen-bond donors (Lipinski definition) is 2. The molecule has 0 saturated heterocycles. The Labute approximate surface area is 129 Å². The monoisotopic (exact) mass is 331 g/mol. The Balaban J connectivity index is 2.25. The van der Waals surface area contributed by atoms with Gasteiger partial charge in [-0.2, -0.15) is 0 Å². The average molecular weight is 332 g/mol. The van der Waals surface area contributed by atoms with E-state index in [9.17, 15) is 13.2 Å². The normalized spacial score (nSPS) is 16.7. The smallest absolute Gasteiger partial charge is 0.335 e. The Hall–Kier alpha value is -1.11. The minimum atomic E-state index is -3.82. The molecule has 1 aromatic rings. The Kier molecular flexibility index (Phi) is 4.91. The summed E-state index contributed by atoms with van der Waals surface area (Å²) >= 11 is 5.92. The molecular formula is C14H18ClNO4S. The van der Waals surface area contributed by atoms with Crippen LogP contribution in [0, 0.1) is 5.92 Å². The standard InChI is InChI=1S/C14H18ClNO4S/c1-2-11(7-9-3-4-9)16-21(19,20)13-8-10(14(17)18)5-6-12(13)15/h5-6,8-9,11,16H,2-4,7H2,1H3,(H,17,18). The summed E-state index contributed by atoms with van der Waals surface area (Å²) in [6.07, 6.45) is 3.79. The van der Waals surface area contributed by atoms with Crippen molar-refractivity contribution in [3.05, 3.63) is 28.8 Å². The third-order valence-electron chi connectivity index (χ3n) is 3.60. The van der Waals surface area contributed by atoms with Gasteiger partial charge in [-0.1, -0.05) is 31.4 Å². The van der Waals surface area contributed by atoms with Gasteiger partial charge in [0.05, 0.1) is 10.6 Å². The van der Waals surface area contributed by atoms with Crippen LogP contribution in [0.2, 0.25) is 5.02 Å². The number of carbonyl (C=O) groups is 1. The van der Waals surface area contributed by atoms with Gasteiger partial charge in [0.15, 0.2) is 0 Å². The molecular weight excluding hydrogens is 314 g/mol. The fourth-order valence-corrected chi connectivity index (χ4v) is 4.04. The zero-order chi connectivity index (χ0) is 15.6. The predicted molar refractivity (Wildman–Crippen MR) is 80.2 cm³/mol. The van der Waals surface area contributed by atoms with Crippen molar-refractivity contribution in [3.8, 4) is 0 Å². The van der Waals surface area contributed by atoms with Crippen LogP contribution in [-0.4, -0.2) is 25.5 Å². The van der Waals surface area contributed by atoms with Crippen LogP contribution in [0.3, 0.4) is 0 Å². The number of aromatic carboxylic acids is 1. The number of rotatable bonds is 7. The summed E-state index contributed by atoms with van der Waals surface area (Å²) in [5.74, 6) is -0.591. The highest BCUT2D eigenvalue weighted by atomic mass is 35.5. The first-order chi connectivity index (χ1) is 9.83. The van der Waals surface area contributed by atoms with E-state index in [2.05, 4.69) is 4.72 Å². The summed E-state index contributed by atoms with van der Waals surface area (Å²) in [4.78, 5) is 10.8. The summed E-state index contributed by atoms with van der Waals surface area (Å²) in [5, 5.41) is 8.98. The van der Waals surface area contributed by atoms with Crippen LogP contribution in [0.4, 0.5) is 0 Å². The highest BCUT2D eigenvalue weighted by Crippen LogP contribution is 2.34. The first-order valence-electron chi connectivity index (χ1n) is 6.88. The van der Waals surface area contributed by atoms with E-state index in [0.29, 0.717) is 12.3 Å². The topological polar surface area (TPSA) is 83.5 Å². The van der Waals surface area contributed by atoms with Crippen LogP contribution in [0.25, 0.3) is 0 Å². The predicted octanol–water partition coefficient (Wildman–Crippen LogP) is 2.90. The van der Waals surface area contributed by atoms with Crippen LogP contribution >= 0.6 is 11.6 Å². The third-order valence-corrected chi connectivity index (χ3v) is 5.60. The van der Waals surface area contributed by atoms with Gasteiger partial charge in [-0.3, -0.25) is 0 Å². The summed E-state index contributed by atoms with van der Waals surface area (Å²) in [6, 6.07) is 3.52.